The number of hydrogen-bond donors (Lipinski definition) is 2. The van der Waals surface area contributed by atoms with Gasteiger partial charge in [-0.15, -0.1) is 0 Å². The molecule has 0 aliphatic carbocycles. The molecule has 4 heteroatoms. The normalized spacial score (nSPS) is 12.2. The fourth-order valence-electron chi connectivity index (χ4n) is 1.48. The van der Waals surface area contributed by atoms with Crippen molar-refractivity contribution < 1.29 is 9.90 Å². The Balaban J connectivity index is 2.55. The number of benzene rings is 1. The minimum atomic E-state index is -0.0645. The number of amides is 1. The van der Waals surface area contributed by atoms with Crippen molar-refractivity contribution in [2.75, 3.05) is 13.2 Å². The highest BCUT2D eigenvalue weighted by molar-refractivity contribution is 9.10. The van der Waals surface area contributed by atoms with E-state index < -0.39 is 0 Å². The molecule has 1 aromatic carbocycles. The third-order valence-electron chi connectivity index (χ3n) is 2.65. The molecule has 0 saturated carbocycles. The molecule has 0 fully saturated rings. The standard InChI is InChI=1S/C13H18BrNO2/c1-9(5-6-16)8-15-13(17)11-3-4-12(14)10(2)7-11/h3-4,7,9,16H,5-6,8H2,1-2H3,(H,15,17). The van der Waals surface area contributed by atoms with E-state index in [9.17, 15) is 4.79 Å². The van der Waals surface area contributed by atoms with E-state index in [1.165, 1.54) is 0 Å². The van der Waals surface area contributed by atoms with E-state index in [1.807, 2.05) is 26.0 Å². The molecular weight excluding hydrogens is 282 g/mol. The smallest absolute Gasteiger partial charge is 0.251 e. The molecule has 1 unspecified atom stereocenters. The monoisotopic (exact) mass is 299 g/mol. The Morgan fingerprint density at radius 1 is 1.53 bits per heavy atom. The van der Waals surface area contributed by atoms with Gasteiger partial charge < -0.3 is 10.4 Å². The average Bonchev–Trinajstić information content (AvgIpc) is 2.30. The topological polar surface area (TPSA) is 49.3 Å². The van der Waals surface area contributed by atoms with Crippen molar-refractivity contribution in [3.05, 3.63) is 33.8 Å². The van der Waals surface area contributed by atoms with E-state index in [2.05, 4.69) is 21.2 Å². The van der Waals surface area contributed by atoms with Crippen LogP contribution in [0.2, 0.25) is 0 Å². The molecule has 0 radical (unpaired) electrons. The molecule has 0 aliphatic heterocycles. The molecule has 0 saturated heterocycles. The minimum absolute atomic E-state index is 0.0645. The van der Waals surface area contributed by atoms with Gasteiger partial charge in [0.15, 0.2) is 0 Å². The van der Waals surface area contributed by atoms with Crippen LogP contribution in [0, 0.1) is 12.8 Å². The van der Waals surface area contributed by atoms with Gasteiger partial charge in [0.2, 0.25) is 0 Å². The number of carbonyl (C=O) groups is 1. The highest BCUT2D eigenvalue weighted by Crippen LogP contribution is 2.17. The van der Waals surface area contributed by atoms with Gasteiger partial charge in [-0.1, -0.05) is 22.9 Å². The van der Waals surface area contributed by atoms with Crippen LogP contribution in [-0.4, -0.2) is 24.2 Å². The second-order valence-electron chi connectivity index (χ2n) is 4.29. The summed E-state index contributed by atoms with van der Waals surface area (Å²) in [6.45, 7) is 4.71. The average molecular weight is 300 g/mol. The highest BCUT2D eigenvalue weighted by atomic mass is 79.9. The molecule has 0 spiro atoms. The Kier molecular flexibility index (Phi) is 5.65. The SMILES string of the molecule is Cc1cc(C(=O)NCC(C)CCO)ccc1Br. The van der Waals surface area contributed by atoms with Crippen molar-refractivity contribution in [1.82, 2.24) is 5.32 Å². The molecule has 94 valence electrons. The molecule has 0 aromatic heterocycles. The quantitative estimate of drug-likeness (QED) is 0.878. The summed E-state index contributed by atoms with van der Waals surface area (Å²) in [5, 5.41) is 11.6. The summed E-state index contributed by atoms with van der Waals surface area (Å²) in [5.41, 5.74) is 1.71. The third kappa shape index (κ3) is 4.48. The Hall–Kier alpha value is -0.870. The molecule has 17 heavy (non-hydrogen) atoms. The van der Waals surface area contributed by atoms with Crippen LogP contribution in [0.1, 0.15) is 29.3 Å². The predicted molar refractivity (Wildman–Crippen MR) is 72.1 cm³/mol. The lowest BCUT2D eigenvalue weighted by Gasteiger charge is -2.11. The zero-order valence-electron chi connectivity index (χ0n) is 10.2. The largest absolute Gasteiger partial charge is 0.396 e. The van der Waals surface area contributed by atoms with Gasteiger partial charge in [-0.2, -0.15) is 0 Å². The van der Waals surface area contributed by atoms with Gasteiger partial charge >= 0.3 is 0 Å². The van der Waals surface area contributed by atoms with E-state index in [0.717, 1.165) is 10.0 Å². The van der Waals surface area contributed by atoms with E-state index in [0.29, 0.717) is 24.4 Å². The van der Waals surface area contributed by atoms with Crippen LogP contribution in [-0.2, 0) is 0 Å². The van der Waals surface area contributed by atoms with Crippen LogP contribution >= 0.6 is 15.9 Å². The number of aliphatic hydroxyl groups excluding tert-OH is 1. The molecule has 0 bridgehead atoms. The first kappa shape index (κ1) is 14.2. The fourth-order valence-corrected chi connectivity index (χ4v) is 1.72. The van der Waals surface area contributed by atoms with Gasteiger partial charge in [-0.3, -0.25) is 4.79 Å². The first-order chi connectivity index (χ1) is 8.04. The molecule has 3 nitrogen and oxygen atoms in total. The number of halogens is 1. The zero-order valence-corrected chi connectivity index (χ0v) is 11.8. The molecule has 1 amide bonds. The Morgan fingerprint density at radius 2 is 2.24 bits per heavy atom. The molecule has 0 aliphatic rings. The van der Waals surface area contributed by atoms with Crippen molar-refractivity contribution in [3.8, 4) is 0 Å². The minimum Gasteiger partial charge on any atom is -0.396 e. The molecule has 1 rings (SSSR count). The van der Waals surface area contributed by atoms with Gasteiger partial charge in [-0.05, 0) is 43.0 Å². The van der Waals surface area contributed by atoms with Crippen LogP contribution in [0.3, 0.4) is 0 Å². The Bertz CT molecular complexity index is 393. The predicted octanol–water partition coefficient (Wildman–Crippen LogP) is 2.51. The van der Waals surface area contributed by atoms with Gasteiger partial charge in [0, 0.05) is 23.2 Å². The second kappa shape index (κ2) is 6.77. The summed E-state index contributed by atoms with van der Waals surface area (Å²) in [7, 11) is 0. The molecule has 1 aromatic rings. The van der Waals surface area contributed by atoms with Crippen LogP contribution in [0.25, 0.3) is 0 Å². The molecule has 0 heterocycles. The van der Waals surface area contributed by atoms with E-state index in [1.54, 1.807) is 6.07 Å². The second-order valence-corrected chi connectivity index (χ2v) is 5.15. The first-order valence-electron chi connectivity index (χ1n) is 5.69. The van der Waals surface area contributed by atoms with Crippen LogP contribution in [0.4, 0.5) is 0 Å². The Morgan fingerprint density at radius 3 is 2.82 bits per heavy atom. The zero-order chi connectivity index (χ0) is 12.8. The van der Waals surface area contributed by atoms with Crippen molar-refractivity contribution in [2.45, 2.75) is 20.3 Å². The maximum atomic E-state index is 11.8. The number of hydrogen-bond acceptors (Lipinski definition) is 2. The maximum absolute atomic E-state index is 11.8. The summed E-state index contributed by atoms with van der Waals surface area (Å²) in [6.07, 6.45) is 0.708. The lowest BCUT2D eigenvalue weighted by molar-refractivity contribution is 0.0945. The van der Waals surface area contributed by atoms with Crippen LogP contribution < -0.4 is 5.32 Å². The number of nitrogens with one attached hydrogen (secondary N) is 1. The summed E-state index contributed by atoms with van der Waals surface area (Å²) >= 11 is 3.40. The van der Waals surface area contributed by atoms with Gasteiger partial charge in [0.05, 0.1) is 0 Å². The van der Waals surface area contributed by atoms with Gasteiger partial charge in [-0.25, -0.2) is 0 Å². The van der Waals surface area contributed by atoms with E-state index in [-0.39, 0.29) is 12.5 Å². The highest BCUT2D eigenvalue weighted by Gasteiger charge is 2.08. The summed E-state index contributed by atoms with van der Waals surface area (Å²) in [4.78, 5) is 11.8. The Labute approximate surface area is 110 Å². The number of aryl methyl sites for hydroxylation is 1. The molecule has 2 N–H and O–H groups in total. The van der Waals surface area contributed by atoms with Crippen molar-refractivity contribution in [2.24, 2.45) is 5.92 Å². The van der Waals surface area contributed by atoms with Crippen LogP contribution in [0.15, 0.2) is 22.7 Å². The number of aliphatic hydroxyl groups is 1. The van der Waals surface area contributed by atoms with Gasteiger partial charge in [0.25, 0.3) is 5.91 Å². The number of carbonyl (C=O) groups excluding carboxylic acids is 1. The van der Waals surface area contributed by atoms with E-state index in [4.69, 9.17) is 5.11 Å². The molecular formula is C13H18BrNO2. The van der Waals surface area contributed by atoms with Crippen LogP contribution in [0.5, 0.6) is 0 Å². The van der Waals surface area contributed by atoms with Crippen molar-refractivity contribution in [3.63, 3.8) is 0 Å². The summed E-state index contributed by atoms with van der Waals surface area (Å²) in [5.74, 6) is 0.228. The summed E-state index contributed by atoms with van der Waals surface area (Å²) in [6, 6.07) is 5.53. The lowest BCUT2D eigenvalue weighted by Crippen LogP contribution is -2.28. The van der Waals surface area contributed by atoms with Crippen molar-refractivity contribution in [1.29, 1.82) is 0 Å². The third-order valence-corrected chi connectivity index (χ3v) is 3.54. The fraction of sp³-hybridized carbons (Fsp3) is 0.462. The number of rotatable bonds is 5. The summed E-state index contributed by atoms with van der Waals surface area (Å²) < 4.78 is 1.00. The van der Waals surface area contributed by atoms with E-state index >= 15 is 0 Å². The van der Waals surface area contributed by atoms with Crippen molar-refractivity contribution >= 4 is 21.8 Å². The maximum Gasteiger partial charge on any atom is 0.251 e. The lowest BCUT2D eigenvalue weighted by atomic mass is 10.1. The van der Waals surface area contributed by atoms with Gasteiger partial charge in [0.1, 0.15) is 0 Å². The molecule has 1 atom stereocenters. The first-order valence-corrected chi connectivity index (χ1v) is 6.49.